The fourth-order valence-corrected chi connectivity index (χ4v) is 4.63. The Kier molecular flexibility index (Phi) is 6.23. The highest BCUT2D eigenvalue weighted by atomic mass is 14.3. The second kappa shape index (κ2) is 7.70. The molecule has 2 saturated carbocycles. The molecule has 0 aromatic rings. The quantitative estimate of drug-likeness (QED) is 0.549. The van der Waals surface area contributed by atoms with Crippen LogP contribution >= 0.6 is 0 Å². The highest BCUT2D eigenvalue weighted by molar-refractivity contribution is 4.86. The minimum absolute atomic E-state index is 0.848. The van der Waals surface area contributed by atoms with E-state index < -0.39 is 0 Å². The summed E-state index contributed by atoms with van der Waals surface area (Å²) < 4.78 is 0. The van der Waals surface area contributed by atoms with E-state index in [1.165, 1.54) is 64.2 Å². The third-order valence-corrected chi connectivity index (χ3v) is 6.19. The zero-order chi connectivity index (χ0) is 13.7. The number of hydrogen-bond donors (Lipinski definition) is 0. The van der Waals surface area contributed by atoms with Crippen molar-refractivity contribution in [3.63, 3.8) is 0 Å². The Morgan fingerprint density at radius 3 is 2.21 bits per heavy atom. The van der Waals surface area contributed by atoms with Gasteiger partial charge in [-0.15, -0.1) is 0 Å². The SMILES string of the molecule is CC([CH]CC(C)C1CCCCC1)C1CCCCC1C. The Balaban J connectivity index is 1.71. The zero-order valence-corrected chi connectivity index (χ0v) is 13.5. The molecule has 2 fully saturated rings. The summed E-state index contributed by atoms with van der Waals surface area (Å²) in [5, 5.41) is 0. The molecule has 111 valence electrons. The Hall–Kier alpha value is 0. The number of hydrogen-bond acceptors (Lipinski definition) is 0. The van der Waals surface area contributed by atoms with Gasteiger partial charge in [-0.2, -0.15) is 0 Å². The van der Waals surface area contributed by atoms with Crippen LogP contribution in [-0.4, -0.2) is 0 Å². The third kappa shape index (κ3) is 4.50. The minimum Gasteiger partial charge on any atom is -0.0622 e. The van der Waals surface area contributed by atoms with Gasteiger partial charge in [0, 0.05) is 0 Å². The van der Waals surface area contributed by atoms with Crippen LogP contribution in [0.1, 0.15) is 85.0 Å². The maximum atomic E-state index is 2.69. The van der Waals surface area contributed by atoms with Crippen molar-refractivity contribution in [3.8, 4) is 0 Å². The van der Waals surface area contributed by atoms with Crippen molar-refractivity contribution in [3.05, 3.63) is 6.42 Å². The summed E-state index contributed by atoms with van der Waals surface area (Å²) in [6.45, 7) is 7.47. The van der Waals surface area contributed by atoms with E-state index in [0.29, 0.717) is 0 Å². The van der Waals surface area contributed by atoms with Crippen molar-refractivity contribution in [2.45, 2.75) is 85.0 Å². The number of rotatable bonds is 5. The molecule has 2 aliphatic rings. The average Bonchev–Trinajstić information content (AvgIpc) is 2.46. The molecule has 0 bridgehead atoms. The maximum Gasteiger partial charge on any atom is -0.0352 e. The summed E-state index contributed by atoms with van der Waals surface area (Å²) in [5.74, 6) is 4.75. The van der Waals surface area contributed by atoms with Crippen LogP contribution in [0.3, 0.4) is 0 Å². The lowest BCUT2D eigenvalue weighted by Crippen LogP contribution is -2.25. The molecular weight excluding hydrogens is 228 g/mol. The second-order valence-electron chi connectivity index (χ2n) is 7.63. The Morgan fingerprint density at radius 2 is 1.53 bits per heavy atom. The first-order chi connectivity index (χ1) is 9.18. The fourth-order valence-electron chi connectivity index (χ4n) is 4.63. The highest BCUT2D eigenvalue weighted by Gasteiger charge is 2.27. The van der Waals surface area contributed by atoms with E-state index in [1.807, 2.05) is 0 Å². The molecule has 0 N–H and O–H groups in total. The van der Waals surface area contributed by atoms with E-state index in [2.05, 4.69) is 27.2 Å². The van der Waals surface area contributed by atoms with Gasteiger partial charge in [-0.1, -0.05) is 72.1 Å². The van der Waals surface area contributed by atoms with Gasteiger partial charge in [0.15, 0.2) is 0 Å². The molecular formula is C19H35. The average molecular weight is 263 g/mol. The van der Waals surface area contributed by atoms with Gasteiger partial charge in [0.1, 0.15) is 0 Å². The normalized spacial score (nSPS) is 33.0. The summed E-state index contributed by atoms with van der Waals surface area (Å²) in [4.78, 5) is 0. The van der Waals surface area contributed by atoms with Crippen molar-refractivity contribution in [1.82, 2.24) is 0 Å². The molecule has 0 saturated heterocycles. The Morgan fingerprint density at radius 1 is 0.895 bits per heavy atom. The van der Waals surface area contributed by atoms with Crippen LogP contribution in [0.5, 0.6) is 0 Å². The third-order valence-electron chi connectivity index (χ3n) is 6.19. The van der Waals surface area contributed by atoms with E-state index in [-0.39, 0.29) is 0 Å². The van der Waals surface area contributed by atoms with E-state index in [1.54, 1.807) is 0 Å². The summed E-state index contributed by atoms with van der Waals surface area (Å²) >= 11 is 0. The van der Waals surface area contributed by atoms with Crippen molar-refractivity contribution in [2.24, 2.45) is 29.6 Å². The molecule has 0 heteroatoms. The molecule has 0 aliphatic heterocycles. The van der Waals surface area contributed by atoms with Gasteiger partial charge in [-0.05, 0) is 48.9 Å². The second-order valence-corrected chi connectivity index (χ2v) is 7.63. The highest BCUT2D eigenvalue weighted by Crippen LogP contribution is 2.38. The van der Waals surface area contributed by atoms with Crippen molar-refractivity contribution >= 4 is 0 Å². The van der Waals surface area contributed by atoms with E-state index in [9.17, 15) is 0 Å². The molecule has 1 radical (unpaired) electrons. The largest absolute Gasteiger partial charge is 0.0622 e. The first kappa shape index (κ1) is 15.4. The van der Waals surface area contributed by atoms with Crippen LogP contribution in [0.25, 0.3) is 0 Å². The van der Waals surface area contributed by atoms with Crippen LogP contribution in [0.2, 0.25) is 0 Å². The smallest absolute Gasteiger partial charge is 0.0352 e. The van der Waals surface area contributed by atoms with Gasteiger partial charge in [-0.3, -0.25) is 0 Å². The molecule has 0 amide bonds. The van der Waals surface area contributed by atoms with Gasteiger partial charge in [0.25, 0.3) is 0 Å². The summed E-state index contributed by atoms with van der Waals surface area (Å²) in [6, 6.07) is 0. The lowest BCUT2D eigenvalue weighted by atomic mass is 9.71. The van der Waals surface area contributed by atoms with E-state index in [4.69, 9.17) is 0 Å². The first-order valence-corrected chi connectivity index (χ1v) is 9.01. The van der Waals surface area contributed by atoms with E-state index in [0.717, 1.165) is 29.6 Å². The van der Waals surface area contributed by atoms with Crippen LogP contribution in [-0.2, 0) is 0 Å². The van der Waals surface area contributed by atoms with Crippen LogP contribution < -0.4 is 0 Å². The van der Waals surface area contributed by atoms with E-state index >= 15 is 0 Å². The molecule has 4 atom stereocenters. The topological polar surface area (TPSA) is 0 Å². The maximum absolute atomic E-state index is 2.69. The Bertz CT molecular complexity index is 238. The van der Waals surface area contributed by atoms with Crippen molar-refractivity contribution in [2.75, 3.05) is 0 Å². The molecule has 2 aliphatic carbocycles. The summed E-state index contributed by atoms with van der Waals surface area (Å²) in [5.41, 5.74) is 0. The molecule has 0 nitrogen and oxygen atoms in total. The predicted octanol–water partition coefficient (Wildman–Crippen LogP) is 6.26. The molecule has 0 aromatic heterocycles. The van der Waals surface area contributed by atoms with Crippen LogP contribution in [0.4, 0.5) is 0 Å². The fraction of sp³-hybridized carbons (Fsp3) is 0.947. The summed E-state index contributed by atoms with van der Waals surface area (Å²) in [7, 11) is 0. The molecule has 2 rings (SSSR count). The standard InChI is InChI=1S/C19H35/c1-15(18-10-5-4-6-11-18)13-14-17(3)19-12-8-7-9-16(19)2/h14-19H,4-13H2,1-3H3. The monoisotopic (exact) mass is 263 g/mol. The Labute approximate surface area is 121 Å². The zero-order valence-electron chi connectivity index (χ0n) is 13.5. The van der Waals surface area contributed by atoms with Gasteiger partial charge in [0.2, 0.25) is 0 Å². The van der Waals surface area contributed by atoms with Gasteiger partial charge in [-0.25, -0.2) is 0 Å². The van der Waals surface area contributed by atoms with Gasteiger partial charge in [0.05, 0.1) is 0 Å². The molecule has 0 heterocycles. The van der Waals surface area contributed by atoms with Crippen LogP contribution in [0, 0.1) is 36.0 Å². The lowest BCUT2D eigenvalue weighted by Gasteiger charge is -2.35. The summed E-state index contributed by atoms with van der Waals surface area (Å²) in [6.07, 6.45) is 17.4. The van der Waals surface area contributed by atoms with Crippen LogP contribution in [0.15, 0.2) is 0 Å². The molecule has 0 spiro atoms. The first-order valence-electron chi connectivity index (χ1n) is 9.01. The molecule has 0 aromatic carbocycles. The molecule has 4 unspecified atom stereocenters. The van der Waals surface area contributed by atoms with Crippen molar-refractivity contribution < 1.29 is 0 Å². The minimum atomic E-state index is 0.848. The van der Waals surface area contributed by atoms with Gasteiger partial charge < -0.3 is 0 Å². The predicted molar refractivity (Wildman–Crippen MR) is 84.9 cm³/mol. The molecule has 19 heavy (non-hydrogen) atoms. The van der Waals surface area contributed by atoms with Crippen molar-refractivity contribution in [1.29, 1.82) is 0 Å². The lowest BCUT2D eigenvalue weighted by molar-refractivity contribution is 0.191. The van der Waals surface area contributed by atoms with Gasteiger partial charge >= 0.3 is 0 Å².